The van der Waals surface area contributed by atoms with Crippen molar-refractivity contribution in [3.8, 4) is 0 Å². The molecule has 0 amide bonds. The summed E-state index contributed by atoms with van der Waals surface area (Å²) in [4.78, 5) is 24.0. The van der Waals surface area contributed by atoms with E-state index in [1.54, 1.807) is 0 Å². The molecule has 0 fully saturated rings. The average molecular weight is 244 g/mol. The van der Waals surface area contributed by atoms with Gasteiger partial charge in [-0.2, -0.15) is 0 Å². The molecule has 0 saturated carbocycles. The second-order valence-electron chi connectivity index (χ2n) is 5.39. The Morgan fingerprint density at radius 1 is 0.941 bits per heavy atom. The minimum Gasteiger partial charge on any atom is -0.294 e. The van der Waals surface area contributed by atoms with E-state index in [0.717, 1.165) is 10.8 Å². The Kier molecular flexibility index (Phi) is 2.87. The molecule has 1 aromatic rings. The van der Waals surface area contributed by atoms with Crippen LogP contribution in [0.4, 0.5) is 0 Å². The number of ketones is 2. The van der Waals surface area contributed by atoms with Gasteiger partial charge < -0.3 is 0 Å². The Hall–Kier alpha value is -1.48. The van der Waals surface area contributed by atoms with Gasteiger partial charge in [-0.05, 0) is 10.8 Å². The lowest BCUT2D eigenvalue weighted by Gasteiger charge is -2.18. The van der Waals surface area contributed by atoms with Gasteiger partial charge in [-0.15, -0.1) is 0 Å². The van der Waals surface area contributed by atoms with E-state index in [4.69, 9.17) is 0 Å². The Bertz CT molecular complexity index is 507. The predicted molar refractivity (Wildman–Crippen MR) is 71.3 cm³/mol. The second kappa shape index (κ2) is 4.07. The van der Waals surface area contributed by atoms with Crippen LogP contribution >= 0.6 is 0 Å². The molecule has 3 heteroatoms. The molecule has 1 aliphatic rings. The molecule has 2 nitrogen and oxygen atoms in total. The highest BCUT2D eigenvalue weighted by Crippen LogP contribution is 2.34. The molecule has 0 bridgehead atoms. The summed E-state index contributed by atoms with van der Waals surface area (Å²) in [5, 5.41) is 0.814. The first kappa shape index (κ1) is 12.0. The molecule has 1 aromatic carbocycles. The number of carbonyl (C=O) groups excluding carboxylic acids is 2. The van der Waals surface area contributed by atoms with Crippen LogP contribution in [0.2, 0.25) is 19.6 Å². The predicted octanol–water partition coefficient (Wildman–Crippen LogP) is 2.86. The molecule has 0 aromatic heterocycles. The zero-order valence-corrected chi connectivity index (χ0v) is 11.4. The van der Waals surface area contributed by atoms with Gasteiger partial charge in [-0.25, -0.2) is 0 Å². The summed E-state index contributed by atoms with van der Waals surface area (Å²) in [6, 6.07) is 9.54. The summed E-state index contributed by atoms with van der Waals surface area (Å²) in [7, 11) is -1.77. The summed E-state index contributed by atoms with van der Waals surface area (Å²) in [6.45, 7) is 6.34. The molecular weight excluding hydrogens is 228 g/mol. The largest absolute Gasteiger partial charge is 0.294 e. The standard InChI is InChI=1S/C14H16O2Si/c1-17(2,3)14-12(16)9-11(15)13(14)10-7-5-4-6-8-10/h4-8H,9H2,1-3H3. The van der Waals surface area contributed by atoms with E-state index in [1.807, 2.05) is 30.3 Å². The lowest BCUT2D eigenvalue weighted by molar-refractivity contribution is -0.120. The summed E-state index contributed by atoms with van der Waals surface area (Å²) in [5.74, 6) is 0.0200. The highest BCUT2D eigenvalue weighted by Gasteiger charge is 2.38. The van der Waals surface area contributed by atoms with Gasteiger partial charge in [0, 0.05) is 5.57 Å². The third-order valence-corrected chi connectivity index (χ3v) is 4.97. The number of rotatable bonds is 2. The van der Waals surface area contributed by atoms with Gasteiger partial charge in [0.2, 0.25) is 0 Å². The fourth-order valence-corrected chi connectivity index (χ4v) is 4.26. The summed E-state index contributed by atoms with van der Waals surface area (Å²) in [5.41, 5.74) is 1.57. The molecule has 0 saturated heterocycles. The molecule has 0 radical (unpaired) electrons. The van der Waals surface area contributed by atoms with E-state index in [9.17, 15) is 9.59 Å². The van der Waals surface area contributed by atoms with E-state index in [2.05, 4.69) is 19.6 Å². The normalized spacial score (nSPS) is 16.9. The topological polar surface area (TPSA) is 34.1 Å². The first-order valence-corrected chi connectivity index (χ1v) is 9.28. The fourth-order valence-electron chi connectivity index (χ4n) is 2.30. The van der Waals surface area contributed by atoms with Gasteiger partial charge in [-0.3, -0.25) is 9.59 Å². The summed E-state index contributed by atoms with van der Waals surface area (Å²) in [6.07, 6.45) is 0.0594. The highest BCUT2D eigenvalue weighted by atomic mass is 28.3. The maximum atomic E-state index is 12.0. The quantitative estimate of drug-likeness (QED) is 0.592. The third kappa shape index (κ3) is 2.15. The number of carbonyl (C=O) groups is 2. The molecular formula is C14H16O2Si. The third-order valence-electron chi connectivity index (χ3n) is 2.94. The van der Waals surface area contributed by atoms with Gasteiger partial charge in [0.05, 0.1) is 14.5 Å². The molecule has 17 heavy (non-hydrogen) atoms. The van der Waals surface area contributed by atoms with Crippen molar-refractivity contribution >= 4 is 25.2 Å². The van der Waals surface area contributed by atoms with Crippen molar-refractivity contribution in [2.24, 2.45) is 0 Å². The van der Waals surface area contributed by atoms with Crippen molar-refractivity contribution in [1.29, 1.82) is 0 Å². The summed E-state index contributed by atoms with van der Waals surface area (Å²) >= 11 is 0. The van der Waals surface area contributed by atoms with Crippen LogP contribution in [0, 0.1) is 0 Å². The SMILES string of the molecule is C[Si](C)(C)C1=C(c2ccccc2)C(=O)CC1=O. The fraction of sp³-hybridized carbons (Fsp3) is 0.286. The molecule has 0 unspecified atom stereocenters. The maximum Gasteiger partial charge on any atom is 0.171 e. The molecule has 0 aliphatic heterocycles. The number of hydrogen-bond donors (Lipinski definition) is 0. The summed E-state index contributed by atoms with van der Waals surface area (Å²) < 4.78 is 0. The molecule has 1 aliphatic carbocycles. The first-order valence-electron chi connectivity index (χ1n) is 5.78. The van der Waals surface area contributed by atoms with E-state index < -0.39 is 8.07 Å². The van der Waals surface area contributed by atoms with Crippen LogP contribution < -0.4 is 0 Å². The van der Waals surface area contributed by atoms with Crippen LogP contribution in [0.25, 0.3) is 5.57 Å². The number of benzene rings is 1. The van der Waals surface area contributed by atoms with Crippen LogP contribution in [0.1, 0.15) is 12.0 Å². The Morgan fingerprint density at radius 3 is 2.06 bits per heavy atom. The number of hydrogen-bond acceptors (Lipinski definition) is 2. The average Bonchev–Trinajstić information content (AvgIpc) is 2.54. The van der Waals surface area contributed by atoms with Crippen LogP contribution in [-0.2, 0) is 9.59 Å². The molecule has 88 valence electrons. The van der Waals surface area contributed by atoms with Crippen molar-refractivity contribution < 1.29 is 9.59 Å². The van der Waals surface area contributed by atoms with E-state index in [-0.39, 0.29) is 18.0 Å². The van der Waals surface area contributed by atoms with Crippen molar-refractivity contribution in [3.05, 3.63) is 41.1 Å². The van der Waals surface area contributed by atoms with Crippen molar-refractivity contribution in [1.82, 2.24) is 0 Å². The Labute approximate surface area is 102 Å². The van der Waals surface area contributed by atoms with Crippen LogP contribution in [0.15, 0.2) is 35.5 Å². The smallest absolute Gasteiger partial charge is 0.171 e. The minimum absolute atomic E-state index is 0.0152. The van der Waals surface area contributed by atoms with Crippen molar-refractivity contribution in [2.45, 2.75) is 26.1 Å². The molecule has 2 rings (SSSR count). The second-order valence-corrected chi connectivity index (χ2v) is 10.4. The Balaban J connectivity index is 2.65. The lowest BCUT2D eigenvalue weighted by Crippen LogP contribution is -2.28. The minimum atomic E-state index is -1.77. The number of Topliss-reactive ketones (excluding diaryl/α,β-unsaturated/α-hetero) is 2. The van der Waals surface area contributed by atoms with E-state index in [1.165, 1.54) is 0 Å². The lowest BCUT2D eigenvalue weighted by atomic mass is 10.1. The molecule has 0 atom stereocenters. The monoisotopic (exact) mass is 244 g/mol. The van der Waals surface area contributed by atoms with E-state index in [0.29, 0.717) is 5.57 Å². The maximum absolute atomic E-state index is 12.0. The van der Waals surface area contributed by atoms with E-state index >= 15 is 0 Å². The zero-order chi connectivity index (χ0) is 12.6. The van der Waals surface area contributed by atoms with Crippen LogP contribution in [0.3, 0.4) is 0 Å². The van der Waals surface area contributed by atoms with Gasteiger partial charge >= 0.3 is 0 Å². The molecule has 0 heterocycles. The van der Waals surface area contributed by atoms with Crippen LogP contribution in [0.5, 0.6) is 0 Å². The van der Waals surface area contributed by atoms with Crippen molar-refractivity contribution in [2.75, 3.05) is 0 Å². The molecule has 0 spiro atoms. The zero-order valence-electron chi connectivity index (χ0n) is 10.4. The van der Waals surface area contributed by atoms with Gasteiger partial charge in [0.15, 0.2) is 11.6 Å². The van der Waals surface area contributed by atoms with Gasteiger partial charge in [0.25, 0.3) is 0 Å². The molecule has 0 N–H and O–H groups in total. The number of allylic oxidation sites excluding steroid dienone is 2. The van der Waals surface area contributed by atoms with Gasteiger partial charge in [-0.1, -0.05) is 50.0 Å². The highest BCUT2D eigenvalue weighted by molar-refractivity contribution is 6.90. The van der Waals surface area contributed by atoms with Crippen LogP contribution in [-0.4, -0.2) is 19.6 Å². The van der Waals surface area contributed by atoms with Gasteiger partial charge in [0.1, 0.15) is 0 Å². The Morgan fingerprint density at radius 2 is 1.53 bits per heavy atom. The first-order chi connectivity index (χ1) is 7.91. The van der Waals surface area contributed by atoms with Crippen molar-refractivity contribution in [3.63, 3.8) is 0 Å².